The van der Waals surface area contributed by atoms with Gasteiger partial charge in [-0.1, -0.05) is 15.9 Å². The van der Waals surface area contributed by atoms with Gasteiger partial charge < -0.3 is 15.8 Å². The SMILES string of the molecule is COCCNC(N)=NCC(C)(C)Sc1ccc(Br)cc1.I. The third kappa shape index (κ3) is 9.59. The molecule has 120 valence electrons. The van der Waals surface area contributed by atoms with Crippen molar-refractivity contribution in [3.05, 3.63) is 28.7 Å². The maximum Gasteiger partial charge on any atom is 0.188 e. The van der Waals surface area contributed by atoms with Crippen LogP contribution in [0.4, 0.5) is 0 Å². The van der Waals surface area contributed by atoms with Gasteiger partial charge in [0.1, 0.15) is 0 Å². The van der Waals surface area contributed by atoms with Gasteiger partial charge in [-0.2, -0.15) is 0 Å². The normalized spacial score (nSPS) is 11.9. The van der Waals surface area contributed by atoms with Gasteiger partial charge in [-0.05, 0) is 38.1 Å². The number of nitrogens with two attached hydrogens (primary N) is 1. The number of hydrogen-bond donors (Lipinski definition) is 2. The molecule has 0 bridgehead atoms. The highest BCUT2D eigenvalue weighted by Crippen LogP contribution is 2.33. The smallest absolute Gasteiger partial charge is 0.188 e. The van der Waals surface area contributed by atoms with Crippen molar-refractivity contribution in [2.24, 2.45) is 10.7 Å². The summed E-state index contributed by atoms with van der Waals surface area (Å²) in [6.45, 7) is 6.26. The van der Waals surface area contributed by atoms with E-state index in [2.05, 4.69) is 52.2 Å². The molecule has 0 fully saturated rings. The number of nitrogens with zero attached hydrogens (tertiary/aromatic N) is 1. The molecule has 4 nitrogen and oxygen atoms in total. The number of halogens is 2. The highest BCUT2D eigenvalue weighted by atomic mass is 127. The van der Waals surface area contributed by atoms with E-state index in [1.165, 1.54) is 4.90 Å². The summed E-state index contributed by atoms with van der Waals surface area (Å²) >= 11 is 5.23. The van der Waals surface area contributed by atoms with E-state index in [9.17, 15) is 0 Å². The summed E-state index contributed by atoms with van der Waals surface area (Å²) in [5, 5.41) is 3.01. The molecule has 0 heterocycles. The second-order valence-electron chi connectivity index (χ2n) is 4.94. The predicted octanol–water partition coefficient (Wildman–Crippen LogP) is 3.49. The van der Waals surface area contributed by atoms with Crippen LogP contribution < -0.4 is 11.1 Å². The molecule has 21 heavy (non-hydrogen) atoms. The molecule has 0 aliphatic carbocycles. The molecule has 0 saturated heterocycles. The standard InChI is InChI=1S/C14H22BrN3OS.HI/c1-14(2,10-18-13(16)17-8-9-19-3)20-12-6-4-11(15)5-7-12;/h4-7H,8-10H2,1-3H3,(H3,16,17,18);1H. The first-order chi connectivity index (χ1) is 9.43. The molecule has 0 spiro atoms. The maximum absolute atomic E-state index is 5.80. The quantitative estimate of drug-likeness (QED) is 0.203. The second-order valence-corrected chi connectivity index (χ2v) is 7.63. The zero-order chi connectivity index (χ0) is 15.0. The van der Waals surface area contributed by atoms with Crippen LogP contribution in [0.25, 0.3) is 0 Å². The first-order valence-electron chi connectivity index (χ1n) is 6.40. The van der Waals surface area contributed by atoms with Gasteiger partial charge >= 0.3 is 0 Å². The van der Waals surface area contributed by atoms with Gasteiger partial charge in [-0.15, -0.1) is 35.7 Å². The molecule has 1 rings (SSSR count). The van der Waals surface area contributed by atoms with E-state index in [1.54, 1.807) is 18.9 Å². The van der Waals surface area contributed by atoms with Crippen LogP contribution in [0.15, 0.2) is 38.6 Å². The van der Waals surface area contributed by atoms with E-state index in [4.69, 9.17) is 10.5 Å². The van der Waals surface area contributed by atoms with Gasteiger partial charge in [0.25, 0.3) is 0 Å². The fraction of sp³-hybridized carbons (Fsp3) is 0.500. The Labute approximate surface area is 156 Å². The molecule has 0 saturated carbocycles. The van der Waals surface area contributed by atoms with Crippen molar-refractivity contribution in [3.8, 4) is 0 Å². The summed E-state index contributed by atoms with van der Waals surface area (Å²) in [7, 11) is 1.66. The topological polar surface area (TPSA) is 59.6 Å². The molecule has 7 heteroatoms. The van der Waals surface area contributed by atoms with Gasteiger partial charge in [0, 0.05) is 27.8 Å². The molecule has 1 aromatic carbocycles. The minimum Gasteiger partial charge on any atom is -0.383 e. The van der Waals surface area contributed by atoms with Crippen molar-refractivity contribution in [1.29, 1.82) is 0 Å². The van der Waals surface area contributed by atoms with Crippen LogP contribution in [0.5, 0.6) is 0 Å². The molecule has 3 N–H and O–H groups in total. The molecular weight excluding hydrogens is 465 g/mol. The Kier molecular flexibility index (Phi) is 10.7. The number of benzene rings is 1. The first kappa shape index (κ1) is 21.0. The molecular formula is C14H23BrIN3OS. The fourth-order valence-electron chi connectivity index (χ4n) is 1.47. The van der Waals surface area contributed by atoms with Crippen LogP contribution in [0.3, 0.4) is 0 Å². The Morgan fingerprint density at radius 2 is 2.00 bits per heavy atom. The van der Waals surface area contributed by atoms with Crippen molar-refractivity contribution in [2.75, 3.05) is 26.8 Å². The van der Waals surface area contributed by atoms with Gasteiger partial charge in [0.15, 0.2) is 5.96 Å². The minimum absolute atomic E-state index is 0. The molecule has 0 aromatic heterocycles. The van der Waals surface area contributed by atoms with Crippen LogP contribution in [0.2, 0.25) is 0 Å². The zero-order valence-electron chi connectivity index (χ0n) is 12.6. The van der Waals surface area contributed by atoms with Crippen molar-refractivity contribution in [3.63, 3.8) is 0 Å². The lowest BCUT2D eigenvalue weighted by molar-refractivity contribution is 0.204. The highest BCUT2D eigenvalue weighted by molar-refractivity contribution is 14.0. The van der Waals surface area contributed by atoms with E-state index in [-0.39, 0.29) is 28.7 Å². The average molecular weight is 488 g/mol. The van der Waals surface area contributed by atoms with Gasteiger partial charge in [0.2, 0.25) is 0 Å². The summed E-state index contributed by atoms with van der Waals surface area (Å²) in [4.78, 5) is 5.60. The number of hydrogen-bond acceptors (Lipinski definition) is 3. The Bertz CT molecular complexity index is 440. The molecule has 0 unspecified atom stereocenters. The minimum atomic E-state index is -0.0125. The van der Waals surface area contributed by atoms with Crippen LogP contribution in [0, 0.1) is 0 Å². The molecule has 1 aromatic rings. The zero-order valence-corrected chi connectivity index (χ0v) is 17.3. The Balaban J connectivity index is 0.00000400. The van der Waals surface area contributed by atoms with Crippen LogP contribution in [-0.4, -0.2) is 37.5 Å². The highest BCUT2D eigenvalue weighted by Gasteiger charge is 2.19. The summed E-state index contributed by atoms with van der Waals surface area (Å²) < 4.78 is 6.02. The summed E-state index contributed by atoms with van der Waals surface area (Å²) in [6, 6.07) is 8.28. The lowest BCUT2D eigenvalue weighted by atomic mass is 10.2. The third-order valence-electron chi connectivity index (χ3n) is 2.45. The first-order valence-corrected chi connectivity index (χ1v) is 8.01. The van der Waals surface area contributed by atoms with E-state index in [1.807, 2.05) is 12.1 Å². The largest absolute Gasteiger partial charge is 0.383 e. The Hall–Kier alpha value is 0.01000. The maximum atomic E-state index is 5.80. The summed E-state index contributed by atoms with van der Waals surface area (Å²) in [5.41, 5.74) is 5.80. The Morgan fingerprint density at radius 3 is 2.57 bits per heavy atom. The van der Waals surface area contributed by atoms with Crippen molar-refractivity contribution < 1.29 is 4.74 Å². The van der Waals surface area contributed by atoms with Gasteiger partial charge in [0.05, 0.1) is 13.2 Å². The number of thioether (sulfide) groups is 1. The van der Waals surface area contributed by atoms with E-state index in [0.717, 1.165) is 4.47 Å². The van der Waals surface area contributed by atoms with Crippen LogP contribution >= 0.6 is 51.7 Å². The molecule has 0 aliphatic rings. The molecule has 0 radical (unpaired) electrons. The number of nitrogens with one attached hydrogen (secondary N) is 1. The predicted molar refractivity (Wildman–Crippen MR) is 106 cm³/mol. The number of ether oxygens (including phenoxy) is 1. The monoisotopic (exact) mass is 487 g/mol. The third-order valence-corrected chi connectivity index (χ3v) is 4.17. The van der Waals surface area contributed by atoms with E-state index < -0.39 is 0 Å². The van der Waals surface area contributed by atoms with E-state index >= 15 is 0 Å². The van der Waals surface area contributed by atoms with Crippen LogP contribution in [-0.2, 0) is 4.74 Å². The summed E-state index contributed by atoms with van der Waals surface area (Å²) in [6.07, 6.45) is 0. The second kappa shape index (κ2) is 10.7. The van der Waals surface area contributed by atoms with Gasteiger partial charge in [-0.25, -0.2) is 0 Å². The van der Waals surface area contributed by atoms with Gasteiger partial charge in [-0.3, -0.25) is 4.99 Å². The number of rotatable bonds is 7. The summed E-state index contributed by atoms with van der Waals surface area (Å²) in [5.74, 6) is 0.464. The number of methoxy groups -OCH3 is 1. The Morgan fingerprint density at radius 1 is 1.38 bits per heavy atom. The van der Waals surface area contributed by atoms with Crippen molar-refractivity contribution in [2.45, 2.75) is 23.5 Å². The molecule has 0 aliphatic heterocycles. The van der Waals surface area contributed by atoms with Crippen LogP contribution in [0.1, 0.15) is 13.8 Å². The number of aliphatic imine (C=N–C) groups is 1. The average Bonchev–Trinajstić information content (AvgIpc) is 2.39. The molecule has 0 atom stereocenters. The number of guanidine groups is 1. The fourth-order valence-corrected chi connectivity index (χ4v) is 2.77. The van der Waals surface area contributed by atoms with Crippen molar-refractivity contribution in [1.82, 2.24) is 5.32 Å². The van der Waals surface area contributed by atoms with Crippen molar-refractivity contribution >= 4 is 57.6 Å². The molecule has 0 amide bonds. The van der Waals surface area contributed by atoms with E-state index in [0.29, 0.717) is 25.7 Å². The lowest BCUT2D eigenvalue weighted by Gasteiger charge is -2.22. The lowest BCUT2D eigenvalue weighted by Crippen LogP contribution is -2.35.